The van der Waals surface area contributed by atoms with E-state index in [1.807, 2.05) is 0 Å². The quantitative estimate of drug-likeness (QED) is 0.797. The molecule has 0 saturated heterocycles. The minimum absolute atomic E-state index is 0.0460. The van der Waals surface area contributed by atoms with Gasteiger partial charge < -0.3 is 10.2 Å². The number of aliphatic hydroxyl groups is 2. The van der Waals surface area contributed by atoms with Crippen molar-refractivity contribution in [3.63, 3.8) is 0 Å². The monoisotopic (exact) mass is 236 g/mol. The molecule has 17 heavy (non-hydrogen) atoms. The van der Waals surface area contributed by atoms with E-state index < -0.39 is 0 Å². The molecule has 0 bridgehead atoms. The summed E-state index contributed by atoms with van der Waals surface area (Å²) in [6.07, 6.45) is 2.58. The zero-order valence-corrected chi connectivity index (χ0v) is 11.2. The first-order valence-corrected chi connectivity index (χ1v) is 6.34. The molecule has 0 unspecified atom stereocenters. The maximum absolute atomic E-state index is 9.55. The minimum atomic E-state index is -0.366. The molecule has 1 aromatic rings. The van der Waals surface area contributed by atoms with Crippen LogP contribution in [0.5, 0.6) is 0 Å². The fraction of sp³-hybridized carbons (Fsp3) is 0.600. The van der Waals surface area contributed by atoms with Crippen LogP contribution in [-0.4, -0.2) is 23.4 Å². The molecule has 0 heterocycles. The van der Waals surface area contributed by atoms with Crippen LogP contribution >= 0.6 is 0 Å². The number of aliphatic hydroxyl groups excluding tert-OH is 2. The molecule has 0 spiro atoms. The second-order valence-corrected chi connectivity index (χ2v) is 5.24. The number of aryl methyl sites for hydroxylation is 2. The molecular formula is C15H24O2. The first kappa shape index (κ1) is 14.2. The molecule has 0 atom stereocenters. The number of rotatable bonds is 6. The third-order valence-corrected chi connectivity index (χ3v) is 3.31. The third kappa shape index (κ3) is 3.83. The average molecular weight is 236 g/mol. The average Bonchev–Trinajstić information content (AvgIpc) is 2.27. The summed E-state index contributed by atoms with van der Waals surface area (Å²) in [6.45, 7) is 6.34. The van der Waals surface area contributed by atoms with Crippen LogP contribution in [0, 0.1) is 19.3 Å². The van der Waals surface area contributed by atoms with E-state index in [0.29, 0.717) is 0 Å². The Balaban J connectivity index is 2.92. The highest BCUT2D eigenvalue weighted by molar-refractivity contribution is 5.29. The Morgan fingerprint density at radius 3 is 1.94 bits per heavy atom. The second-order valence-electron chi connectivity index (χ2n) is 5.24. The fourth-order valence-corrected chi connectivity index (χ4v) is 2.54. The molecule has 96 valence electrons. The number of hydrogen-bond acceptors (Lipinski definition) is 2. The van der Waals surface area contributed by atoms with Gasteiger partial charge in [0.25, 0.3) is 0 Å². The lowest BCUT2D eigenvalue weighted by Gasteiger charge is -2.29. The Morgan fingerprint density at radius 2 is 1.53 bits per heavy atom. The Morgan fingerprint density at radius 1 is 1.00 bits per heavy atom. The Hall–Kier alpha value is -0.860. The van der Waals surface area contributed by atoms with E-state index in [9.17, 15) is 10.2 Å². The van der Waals surface area contributed by atoms with Crippen LogP contribution in [-0.2, 0) is 6.42 Å². The maximum atomic E-state index is 9.55. The highest BCUT2D eigenvalue weighted by atomic mass is 16.3. The van der Waals surface area contributed by atoms with Gasteiger partial charge in [-0.25, -0.2) is 0 Å². The van der Waals surface area contributed by atoms with Crippen molar-refractivity contribution in [3.8, 4) is 0 Å². The molecule has 0 aliphatic heterocycles. The Kier molecular flexibility index (Phi) is 5.16. The van der Waals surface area contributed by atoms with Crippen LogP contribution in [0.1, 0.15) is 36.5 Å². The minimum Gasteiger partial charge on any atom is -0.396 e. The van der Waals surface area contributed by atoms with Gasteiger partial charge in [-0.05, 0) is 32.3 Å². The van der Waals surface area contributed by atoms with Crippen molar-refractivity contribution < 1.29 is 10.2 Å². The molecule has 2 heteroatoms. The second kappa shape index (κ2) is 6.18. The number of hydrogen-bond donors (Lipinski definition) is 2. The molecule has 1 rings (SSSR count). The van der Waals surface area contributed by atoms with Crippen LogP contribution < -0.4 is 0 Å². The molecule has 2 N–H and O–H groups in total. The lowest BCUT2D eigenvalue weighted by atomic mass is 9.79. The summed E-state index contributed by atoms with van der Waals surface area (Å²) in [7, 11) is 0. The standard InChI is InChI=1S/C15H24O2/c1-4-5-15(10-16,11-17)9-14-7-12(2)6-13(3)8-14/h6-8,16-17H,4-5,9-11H2,1-3H3. The van der Waals surface area contributed by atoms with Crippen molar-refractivity contribution >= 4 is 0 Å². The molecule has 0 aromatic heterocycles. The highest BCUT2D eigenvalue weighted by Crippen LogP contribution is 2.28. The van der Waals surface area contributed by atoms with Gasteiger partial charge in [-0.1, -0.05) is 42.7 Å². The van der Waals surface area contributed by atoms with Crippen molar-refractivity contribution in [1.29, 1.82) is 0 Å². The highest BCUT2D eigenvalue weighted by Gasteiger charge is 2.28. The predicted octanol–water partition coefficient (Wildman–Crippen LogP) is 2.62. The molecule has 2 nitrogen and oxygen atoms in total. The van der Waals surface area contributed by atoms with E-state index in [4.69, 9.17) is 0 Å². The van der Waals surface area contributed by atoms with Crippen LogP contribution in [0.3, 0.4) is 0 Å². The Labute approximate surface area is 104 Å². The topological polar surface area (TPSA) is 40.5 Å². The smallest absolute Gasteiger partial charge is 0.0512 e. The van der Waals surface area contributed by atoms with E-state index in [1.54, 1.807) is 0 Å². The van der Waals surface area contributed by atoms with Gasteiger partial charge in [-0.15, -0.1) is 0 Å². The molecular weight excluding hydrogens is 212 g/mol. The molecule has 0 amide bonds. The number of benzene rings is 1. The van der Waals surface area contributed by atoms with Gasteiger partial charge in [0, 0.05) is 5.41 Å². The van der Waals surface area contributed by atoms with Gasteiger partial charge in [0.1, 0.15) is 0 Å². The van der Waals surface area contributed by atoms with Gasteiger partial charge in [-0.3, -0.25) is 0 Å². The SMILES string of the molecule is CCCC(CO)(CO)Cc1cc(C)cc(C)c1. The molecule has 0 aliphatic carbocycles. The van der Waals surface area contributed by atoms with Crippen molar-refractivity contribution in [3.05, 3.63) is 34.9 Å². The zero-order chi connectivity index (χ0) is 12.9. The predicted molar refractivity (Wildman–Crippen MR) is 71.1 cm³/mol. The molecule has 1 aromatic carbocycles. The van der Waals surface area contributed by atoms with E-state index in [1.165, 1.54) is 16.7 Å². The first-order chi connectivity index (χ1) is 8.05. The molecule has 0 saturated carbocycles. The summed E-state index contributed by atoms with van der Waals surface area (Å²) in [5.74, 6) is 0. The van der Waals surface area contributed by atoms with Gasteiger partial charge in [0.05, 0.1) is 13.2 Å². The normalized spacial score (nSPS) is 11.8. The van der Waals surface area contributed by atoms with E-state index >= 15 is 0 Å². The van der Waals surface area contributed by atoms with Crippen molar-refractivity contribution in [2.75, 3.05) is 13.2 Å². The van der Waals surface area contributed by atoms with Crippen molar-refractivity contribution in [1.82, 2.24) is 0 Å². The van der Waals surface area contributed by atoms with Gasteiger partial charge in [0.15, 0.2) is 0 Å². The van der Waals surface area contributed by atoms with E-state index in [-0.39, 0.29) is 18.6 Å². The fourth-order valence-electron chi connectivity index (χ4n) is 2.54. The van der Waals surface area contributed by atoms with E-state index in [0.717, 1.165) is 19.3 Å². The molecule has 0 aliphatic rings. The largest absolute Gasteiger partial charge is 0.396 e. The van der Waals surface area contributed by atoms with Gasteiger partial charge in [0.2, 0.25) is 0 Å². The van der Waals surface area contributed by atoms with Gasteiger partial charge >= 0.3 is 0 Å². The Bertz CT molecular complexity index is 334. The summed E-state index contributed by atoms with van der Waals surface area (Å²) in [5.41, 5.74) is 3.32. The van der Waals surface area contributed by atoms with Crippen molar-refractivity contribution in [2.24, 2.45) is 5.41 Å². The lowest BCUT2D eigenvalue weighted by Crippen LogP contribution is -2.32. The van der Waals surface area contributed by atoms with Crippen LogP contribution in [0.2, 0.25) is 0 Å². The first-order valence-electron chi connectivity index (χ1n) is 6.34. The summed E-state index contributed by atoms with van der Waals surface area (Å²) < 4.78 is 0. The summed E-state index contributed by atoms with van der Waals surface area (Å²) in [5, 5.41) is 19.1. The van der Waals surface area contributed by atoms with Crippen LogP contribution in [0.25, 0.3) is 0 Å². The lowest BCUT2D eigenvalue weighted by molar-refractivity contribution is 0.0466. The van der Waals surface area contributed by atoms with Crippen molar-refractivity contribution in [2.45, 2.75) is 40.0 Å². The van der Waals surface area contributed by atoms with E-state index in [2.05, 4.69) is 39.0 Å². The summed E-state index contributed by atoms with van der Waals surface area (Å²) in [4.78, 5) is 0. The van der Waals surface area contributed by atoms with Gasteiger partial charge in [-0.2, -0.15) is 0 Å². The molecule has 0 radical (unpaired) electrons. The van der Waals surface area contributed by atoms with Crippen LogP contribution in [0.15, 0.2) is 18.2 Å². The molecule has 0 fully saturated rings. The summed E-state index contributed by atoms with van der Waals surface area (Å²) in [6, 6.07) is 6.42. The van der Waals surface area contributed by atoms with Crippen LogP contribution in [0.4, 0.5) is 0 Å². The summed E-state index contributed by atoms with van der Waals surface area (Å²) >= 11 is 0. The zero-order valence-electron chi connectivity index (χ0n) is 11.2. The maximum Gasteiger partial charge on any atom is 0.0512 e. The third-order valence-electron chi connectivity index (χ3n) is 3.31.